The molecule has 0 unspecified atom stereocenters. The minimum absolute atomic E-state index is 0.0347. The van der Waals surface area contributed by atoms with Crippen LogP contribution in [0, 0.1) is 0 Å². The highest BCUT2D eigenvalue weighted by molar-refractivity contribution is 7.23. The number of benzene rings is 1. The van der Waals surface area contributed by atoms with Crippen molar-refractivity contribution in [2.75, 3.05) is 36.5 Å². The highest BCUT2D eigenvalue weighted by Gasteiger charge is 2.19. The number of aromatic nitrogens is 2. The number of rotatable bonds is 7. The van der Waals surface area contributed by atoms with E-state index in [9.17, 15) is 14.4 Å². The van der Waals surface area contributed by atoms with E-state index in [-0.39, 0.29) is 30.7 Å². The molecule has 1 aliphatic rings. The topological polar surface area (TPSA) is 142 Å². The quantitative estimate of drug-likeness (QED) is 0.391. The van der Waals surface area contributed by atoms with Gasteiger partial charge in [0, 0.05) is 49.6 Å². The van der Waals surface area contributed by atoms with Crippen LogP contribution in [0.1, 0.15) is 25.7 Å². The predicted octanol–water partition coefficient (Wildman–Crippen LogP) is 3.61. The fraction of sp³-hybridized carbons (Fsp3) is 0.318. The van der Waals surface area contributed by atoms with Gasteiger partial charge in [0.25, 0.3) is 0 Å². The lowest BCUT2D eigenvalue weighted by Crippen LogP contribution is -2.28. The zero-order valence-electron chi connectivity index (χ0n) is 18.6. The molecule has 4 amide bonds. The van der Waals surface area contributed by atoms with Crippen molar-refractivity contribution < 1.29 is 14.4 Å². The molecule has 0 bridgehead atoms. The van der Waals surface area contributed by atoms with Crippen LogP contribution in [0.4, 0.5) is 21.4 Å². The summed E-state index contributed by atoms with van der Waals surface area (Å²) in [5.74, 6) is 0.131. The number of hydrogen-bond donors (Lipinski definition) is 4. The minimum Gasteiger partial charge on any atom is -0.382 e. The normalized spacial score (nSPS) is 13.0. The summed E-state index contributed by atoms with van der Waals surface area (Å²) in [7, 11) is 1.52. The fourth-order valence-corrected chi connectivity index (χ4v) is 5.34. The van der Waals surface area contributed by atoms with Gasteiger partial charge in [-0.05, 0) is 25.0 Å². The molecule has 1 aromatic carbocycles. The lowest BCUT2D eigenvalue weighted by molar-refractivity contribution is -0.131. The maximum absolute atomic E-state index is 12.4. The second-order valence-electron chi connectivity index (χ2n) is 7.69. The molecule has 0 spiro atoms. The molecular formula is C22H25N7O3S2. The SMILES string of the molecule is CNC(=O)Nc1nc(N)c(-c2nc(-c3cccc(NC(=O)CCC(=O)N4CCCC4)c3)cs2)s1. The van der Waals surface area contributed by atoms with Crippen LogP contribution in [0.2, 0.25) is 0 Å². The van der Waals surface area contributed by atoms with Gasteiger partial charge < -0.3 is 21.3 Å². The Morgan fingerprint density at radius 3 is 2.68 bits per heavy atom. The van der Waals surface area contributed by atoms with Crippen LogP contribution >= 0.6 is 22.7 Å². The van der Waals surface area contributed by atoms with Gasteiger partial charge in [-0.2, -0.15) is 0 Å². The van der Waals surface area contributed by atoms with Crippen LogP contribution < -0.4 is 21.7 Å². The minimum atomic E-state index is -0.376. The molecule has 2 aromatic heterocycles. The summed E-state index contributed by atoms with van der Waals surface area (Å²) in [5.41, 5.74) is 8.23. The van der Waals surface area contributed by atoms with E-state index in [2.05, 4.69) is 25.9 Å². The maximum atomic E-state index is 12.4. The molecule has 0 atom stereocenters. The van der Waals surface area contributed by atoms with Crippen LogP contribution in [0.5, 0.6) is 0 Å². The lowest BCUT2D eigenvalue weighted by atomic mass is 10.1. The van der Waals surface area contributed by atoms with E-state index >= 15 is 0 Å². The Labute approximate surface area is 204 Å². The van der Waals surface area contributed by atoms with Crippen molar-refractivity contribution in [1.29, 1.82) is 0 Å². The van der Waals surface area contributed by atoms with Gasteiger partial charge in [-0.3, -0.25) is 14.9 Å². The van der Waals surface area contributed by atoms with E-state index in [4.69, 9.17) is 5.73 Å². The monoisotopic (exact) mass is 499 g/mol. The maximum Gasteiger partial charge on any atom is 0.320 e. The number of carbonyl (C=O) groups is 3. The first-order chi connectivity index (χ1) is 16.4. The van der Waals surface area contributed by atoms with Gasteiger partial charge in [0.15, 0.2) is 5.13 Å². The van der Waals surface area contributed by atoms with E-state index in [1.54, 1.807) is 6.07 Å². The van der Waals surface area contributed by atoms with Gasteiger partial charge in [-0.1, -0.05) is 23.5 Å². The van der Waals surface area contributed by atoms with Gasteiger partial charge in [0.2, 0.25) is 11.8 Å². The fourth-order valence-electron chi connectivity index (χ4n) is 3.53. The standard InChI is InChI=1S/C22H25N7O3S2/c1-24-21(32)28-22-27-19(23)18(34-22)20-26-15(12-33-20)13-5-4-6-14(11-13)25-16(30)7-8-17(31)29-9-2-3-10-29/h4-6,11-12H,2-3,7-10,23H2,1H3,(H,25,30)(H2,24,27,28,32). The summed E-state index contributed by atoms with van der Waals surface area (Å²) >= 11 is 2.66. The Kier molecular flexibility index (Phi) is 7.38. The molecule has 0 radical (unpaired) electrons. The second-order valence-corrected chi connectivity index (χ2v) is 9.55. The molecule has 1 saturated heterocycles. The first kappa shape index (κ1) is 23.6. The van der Waals surface area contributed by atoms with Gasteiger partial charge in [0.1, 0.15) is 15.7 Å². The number of nitrogens with one attached hydrogen (secondary N) is 3. The van der Waals surface area contributed by atoms with Crippen molar-refractivity contribution in [1.82, 2.24) is 20.2 Å². The molecule has 1 fully saturated rings. The molecule has 4 rings (SSSR count). The molecule has 5 N–H and O–H groups in total. The van der Waals surface area contributed by atoms with Crippen molar-refractivity contribution in [2.24, 2.45) is 0 Å². The second kappa shape index (κ2) is 10.6. The number of thiazole rings is 2. The summed E-state index contributed by atoms with van der Waals surface area (Å²) in [6.45, 7) is 1.58. The number of amides is 4. The van der Waals surface area contributed by atoms with E-state index in [0.717, 1.165) is 37.2 Å². The predicted molar refractivity (Wildman–Crippen MR) is 135 cm³/mol. The zero-order chi connectivity index (χ0) is 24.1. The van der Waals surface area contributed by atoms with Crippen LogP contribution in [0.15, 0.2) is 29.6 Å². The zero-order valence-corrected chi connectivity index (χ0v) is 20.2. The first-order valence-corrected chi connectivity index (χ1v) is 12.5. The lowest BCUT2D eigenvalue weighted by Gasteiger charge is -2.14. The summed E-state index contributed by atoms with van der Waals surface area (Å²) in [6, 6.07) is 7.01. The molecule has 1 aliphatic heterocycles. The molecule has 10 nitrogen and oxygen atoms in total. The highest BCUT2D eigenvalue weighted by Crippen LogP contribution is 2.38. The Hall–Kier alpha value is -3.51. The third kappa shape index (κ3) is 5.69. The average molecular weight is 500 g/mol. The van der Waals surface area contributed by atoms with E-state index in [1.165, 1.54) is 29.7 Å². The van der Waals surface area contributed by atoms with E-state index < -0.39 is 0 Å². The number of likely N-dealkylation sites (tertiary alicyclic amines) is 1. The molecule has 0 saturated carbocycles. The third-order valence-electron chi connectivity index (χ3n) is 5.27. The number of nitrogens with two attached hydrogens (primary N) is 1. The van der Waals surface area contributed by atoms with Crippen LogP contribution in [0.3, 0.4) is 0 Å². The molecule has 3 aromatic rings. The molecule has 178 valence electrons. The Morgan fingerprint density at radius 2 is 1.91 bits per heavy atom. The van der Waals surface area contributed by atoms with Crippen molar-refractivity contribution >= 4 is 57.2 Å². The number of hydrogen-bond acceptors (Lipinski definition) is 8. The summed E-state index contributed by atoms with van der Waals surface area (Å²) < 4.78 is 0. The highest BCUT2D eigenvalue weighted by atomic mass is 32.1. The summed E-state index contributed by atoms with van der Waals surface area (Å²) in [5, 5.41) is 10.9. The van der Waals surface area contributed by atoms with Gasteiger partial charge in [-0.25, -0.2) is 14.8 Å². The van der Waals surface area contributed by atoms with Crippen LogP contribution in [-0.4, -0.2) is 52.9 Å². The van der Waals surface area contributed by atoms with Gasteiger partial charge in [-0.15, -0.1) is 11.3 Å². The van der Waals surface area contributed by atoms with Crippen molar-refractivity contribution in [3.05, 3.63) is 29.6 Å². The Morgan fingerprint density at radius 1 is 1.12 bits per heavy atom. The van der Waals surface area contributed by atoms with Crippen molar-refractivity contribution in [2.45, 2.75) is 25.7 Å². The molecule has 34 heavy (non-hydrogen) atoms. The average Bonchev–Trinajstić information content (AvgIpc) is 3.59. The smallest absolute Gasteiger partial charge is 0.320 e. The number of anilines is 3. The first-order valence-electron chi connectivity index (χ1n) is 10.8. The number of nitrogen functional groups attached to an aromatic ring is 1. The number of nitrogens with zero attached hydrogens (tertiary/aromatic N) is 3. The Bertz CT molecular complexity index is 1200. The summed E-state index contributed by atoms with van der Waals surface area (Å²) in [4.78, 5) is 47.4. The van der Waals surface area contributed by atoms with Crippen molar-refractivity contribution in [3.63, 3.8) is 0 Å². The third-order valence-corrected chi connectivity index (χ3v) is 7.25. The van der Waals surface area contributed by atoms with Crippen LogP contribution in [-0.2, 0) is 9.59 Å². The van der Waals surface area contributed by atoms with Gasteiger partial charge >= 0.3 is 6.03 Å². The van der Waals surface area contributed by atoms with E-state index in [0.29, 0.717) is 26.5 Å². The summed E-state index contributed by atoms with van der Waals surface area (Å²) in [6.07, 6.45) is 2.44. The number of carbonyl (C=O) groups excluding carboxylic acids is 3. The van der Waals surface area contributed by atoms with Crippen LogP contribution in [0.25, 0.3) is 21.1 Å². The van der Waals surface area contributed by atoms with Crippen molar-refractivity contribution in [3.8, 4) is 21.1 Å². The largest absolute Gasteiger partial charge is 0.382 e. The van der Waals surface area contributed by atoms with E-state index in [1.807, 2.05) is 28.5 Å². The number of urea groups is 1. The Balaban J connectivity index is 1.40. The molecular weight excluding hydrogens is 474 g/mol. The molecule has 3 heterocycles. The van der Waals surface area contributed by atoms with Gasteiger partial charge in [0.05, 0.1) is 5.69 Å². The molecule has 0 aliphatic carbocycles. The molecule has 12 heteroatoms.